The van der Waals surface area contributed by atoms with Crippen molar-refractivity contribution in [2.45, 2.75) is 12.5 Å². The van der Waals surface area contributed by atoms with Gasteiger partial charge < -0.3 is 4.52 Å². The summed E-state index contributed by atoms with van der Waals surface area (Å²) in [4.78, 5) is 14.5. The van der Waals surface area contributed by atoms with E-state index in [2.05, 4.69) is 20.1 Å². The predicted molar refractivity (Wildman–Crippen MR) is 79.7 cm³/mol. The molecule has 1 saturated heterocycles. The molecule has 3 aromatic rings. The Morgan fingerprint density at radius 1 is 1.21 bits per heavy atom. The van der Waals surface area contributed by atoms with Crippen LogP contribution in [0.25, 0.3) is 11.5 Å². The molecular formula is C16H13F2N5O. The zero-order valence-corrected chi connectivity index (χ0v) is 12.6. The molecule has 1 fully saturated rings. The van der Waals surface area contributed by atoms with Crippen LogP contribution < -0.4 is 0 Å². The number of benzene rings is 1. The standard InChI is InChI=1S/C16H13F2N5O/c17-12-2-1-10(13(18)5-12)7-23-8-11(9-23)16-21-15(22-24-16)14-6-19-3-4-20-14/h1-6,11H,7-9H2. The van der Waals surface area contributed by atoms with Crippen LogP contribution in [-0.2, 0) is 6.54 Å². The molecule has 0 unspecified atom stereocenters. The van der Waals surface area contributed by atoms with Crippen LogP contribution in [0.5, 0.6) is 0 Å². The second-order valence-electron chi connectivity index (χ2n) is 5.67. The molecule has 2 aromatic heterocycles. The van der Waals surface area contributed by atoms with E-state index >= 15 is 0 Å². The first-order valence-electron chi connectivity index (χ1n) is 7.45. The molecule has 24 heavy (non-hydrogen) atoms. The van der Waals surface area contributed by atoms with Gasteiger partial charge in [0, 0.05) is 43.7 Å². The van der Waals surface area contributed by atoms with E-state index in [4.69, 9.17) is 4.52 Å². The predicted octanol–water partition coefficient (Wildman–Crippen LogP) is 2.40. The summed E-state index contributed by atoms with van der Waals surface area (Å²) in [5, 5.41) is 3.91. The molecule has 0 saturated carbocycles. The third-order valence-corrected chi connectivity index (χ3v) is 3.95. The highest BCUT2D eigenvalue weighted by Gasteiger charge is 2.33. The average Bonchev–Trinajstić information content (AvgIpc) is 3.02. The largest absolute Gasteiger partial charge is 0.339 e. The molecule has 0 N–H and O–H groups in total. The molecule has 0 bridgehead atoms. The first-order chi connectivity index (χ1) is 11.7. The number of hydrogen-bond acceptors (Lipinski definition) is 6. The third-order valence-electron chi connectivity index (χ3n) is 3.95. The van der Waals surface area contributed by atoms with Gasteiger partial charge in [-0.2, -0.15) is 4.98 Å². The zero-order chi connectivity index (χ0) is 16.5. The normalized spacial score (nSPS) is 15.4. The molecule has 3 heterocycles. The van der Waals surface area contributed by atoms with Gasteiger partial charge in [-0.15, -0.1) is 0 Å². The van der Waals surface area contributed by atoms with Crippen LogP contribution in [-0.4, -0.2) is 38.1 Å². The lowest BCUT2D eigenvalue weighted by Crippen LogP contribution is -2.44. The maximum Gasteiger partial charge on any atom is 0.232 e. The highest BCUT2D eigenvalue weighted by Crippen LogP contribution is 2.28. The van der Waals surface area contributed by atoms with Gasteiger partial charge >= 0.3 is 0 Å². The number of aromatic nitrogens is 4. The summed E-state index contributed by atoms with van der Waals surface area (Å²) in [6.07, 6.45) is 4.70. The smallest absolute Gasteiger partial charge is 0.232 e. The lowest BCUT2D eigenvalue weighted by atomic mass is 9.99. The summed E-state index contributed by atoms with van der Waals surface area (Å²) in [6.45, 7) is 1.78. The first kappa shape index (κ1) is 14.8. The van der Waals surface area contributed by atoms with Gasteiger partial charge in [0.1, 0.15) is 17.3 Å². The molecule has 0 aliphatic carbocycles. The Bertz CT molecular complexity index is 849. The molecule has 4 rings (SSSR count). The summed E-state index contributed by atoms with van der Waals surface area (Å²) in [6, 6.07) is 3.63. The molecule has 8 heteroatoms. The van der Waals surface area contributed by atoms with Crippen LogP contribution in [0, 0.1) is 11.6 Å². The van der Waals surface area contributed by atoms with Crippen LogP contribution in [0.3, 0.4) is 0 Å². The summed E-state index contributed by atoms with van der Waals surface area (Å²) in [5.41, 5.74) is 1.03. The van der Waals surface area contributed by atoms with Crippen molar-refractivity contribution in [2.24, 2.45) is 0 Å². The Balaban J connectivity index is 1.38. The van der Waals surface area contributed by atoms with Crippen molar-refractivity contribution in [1.82, 2.24) is 25.0 Å². The van der Waals surface area contributed by atoms with Gasteiger partial charge in [0.15, 0.2) is 0 Å². The lowest BCUT2D eigenvalue weighted by molar-refractivity contribution is 0.116. The van der Waals surface area contributed by atoms with E-state index in [0.717, 1.165) is 6.07 Å². The van der Waals surface area contributed by atoms with E-state index in [1.54, 1.807) is 18.6 Å². The maximum atomic E-state index is 13.7. The maximum absolute atomic E-state index is 13.7. The Morgan fingerprint density at radius 3 is 2.83 bits per heavy atom. The molecule has 122 valence electrons. The molecule has 0 spiro atoms. The molecular weight excluding hydrogens is 316 g/mol. The van der Waals surface area contributed by atoms with Crippen molar-refractivity contribution in [2.75, 3.05) is 13.1 Å². The quantitative estimate of drug-likeness (QED) is 0.732. The minimum Gasteiger partial charge on any atom is -0.339 e. The van der Waals surface area contributed by atoms with Crippen molar-refractivity contribution in [3.8, 4) is 11.5 Å². The number of rotatable bonds is 4. The topological polar surface area (TPSA) is 67.9 Å². The summed E-state index contributed by atoms with van der Waals surface area (Å²) < 4.78 is 31.9. The SMILES string of the molecule is Fc1ccc(CN2CC(c3nc(-c4cnccn4)no3)C2)c(F)c1. The third kappa shape index (κ3) is 2.88. The van der Waals surface area contributed by atoms with Crippen molar-refractivity contribution in [3.05, 3.63) is 59.9 Å². The Morgan fingerprint density at radius 2 is 2.08 bits per heavy atom. The fourth-order valence-electron chi connectivity index (χ4n) is 2.67. The van der Waals surface area contributed by atoms with Crippen molar-refractivity contribution in [1.29, 1.82) is 0 Å². The Kier molecular flexibility index (Phi) is 3.73. The number of hydrogen-bond donors (Lipinski definition) is 0. The van der Waals surface area contributed by atoms with Crippen LogP contribution in [0.2, 0.25) is 0 Å². The molecule has 1 aliphatic heterocycles. The second kappa shape index (κ2) is 6.04. The van der Waals surface area contributed by atoms with Crippen LogP contribution >= 0.6 is 0 Å². The number of likely N-dealkylation sites (tertiary alicyclic amines) is 1. The van der Waals surface area contributed by atoms with Crippen molar-refractivity contribution >= 4 is 0 Å². The highest BCUT2D eigenvalue weighted by molar-refractivity contribution is 5.45. The fourth-order valence-corrected chi connectivity index (χ4v) is 2.67. The van der Waals surface area contributed by atoms with E-state index in [1.165, 1.54) is 12.1 Å². The molecule has 1 aromatic carbocycles. The Labute approximate surface area is 136 Å². The van der Waals surface area contributed by atoms with Crippen LogP contribution in [0.1, 0.15) is 17.4 Å². The van der Waals surface area contributed by atoms with Crippen LogP contribution in [0.15, 0.2) is 41.3 Å². The molecule has 1 aliphatic rings. The summed E-state index contributed by atoms with van der Waals surface area (Å²) in [7, 11) is 0. The van der Waals surface area contributed by atoms with E-state index < -0.39 is 11.6 Å². The van der Waals surface area contributed by atoms with Crippen LogP contribution in [0.4, 0.5) is 8.78 Å². The first-order valence-corrected chi connectivity index (χ1v) is 7.45. The van der Waals surface area contributed by atoms with Gasteiger partial charge in [-0.05, 0) is 6.07 Å². The van der Waals surface area contributed by atoms with E-state index in [-0.39, 0.29) is 5.92 Å². The molecule has 0 radical (unpaired) electrons. The fraction of sp³-hybridized carbons (Fsp3) is 0.250. The zero-order valence-electron chi connectivity index (χ0n) is 12.6. The minimum atomic E-state index is -0.569. The molecule has 6 nitrogen and oxygen atoms in total. The Hall–Kier alpha value is -2.74. The van der Waals surface area contributed by atoms with Gasteiger partial charge in [-0.25, -0.2) is 13.8 Å². The van der Waals surface area contributed by atoms with Crippen molar-refractivity contribution < 1.29 is 13.3 Å². The lowest BCUT2D eigenvalue weighted by Gasteiger charge is -2.37. The van der Waals surface area contributed by atoms with E-state index in [1.807, 2.05) is 4.90 Å². The van der Waals surface area contributed by atoms with Gasteiger partial charge in [0.2, 0.25) is 11.7 Å². The highest BCUT2D eigenvalue weighted by atomic mass is 19.1. The van der Waals surface area contributed by atoms with Gasteiger partial charge in [0.05, 0.1) is 12.1 Å². The van der Waals surface area contributed by atoms with Crippen molar-refractivity contribution in [3.63, 3.8) is 0 Å². The van der Waals surface area contributed by atoms with Gasteiger partial charge in [0.25, 0.3) is 0 Å². The average molecular weight is 329 g/mol. The number of nitrogens with zero attached hydrogens (tertiary/aromatic N) is 5. The molecule has 0 atom stereocenters. The minimum absolute atomic E-state index is 0.103. The summed E-state index contributed by atoms with van der Waals surface area (Å²) in [5.74, 6) is -0.0552. The van der Waals surface area contributed by atoms with E-state index in [0.29, 0.717) is 42.6 Å². The second-order valence-corrected chi connectivity index (χ2v) is 5.67. The monoisotopic (exact) mass is 329 g/mol. The van der Waals surface area contributed by atoms with E-state index in [9.17, 15) is 8.78 Å². The molecule has 0 amide bonds. The van der Waals surface area contributed by atoms with Gasteiger partial charge in [-0.1, -0.05) is 11.2 Å². The number of halogens is 2. The van der Waals surface area contributed by atoms with Gasteiger partial charge in [-0.3, -0.25) is 9.88 Å². The summed E-state index contributed by atoms with van der Waals surface area (Å²) >= 11 is 0.